The number of hydrogen-bond donors (Lipinski definition) is 0. The van der Waals surface area contributed by atoms with E-state index in [9.17, 15) is 0 Å². The van der Waals surface area contributed by atoms with Crippen LogP contribution in [0.5, 0.6) is 0 Å². The Morgan fingerprint density at radius 2 is 2.00 bits per heavy atom. The molecule has 0 spiro atoms. The summed E-state index contributed by atoms with van der Waals surface area (Å²) in [5, 5.41) is 0. The van der Waals surface area contributed by atoms with Gasteiger partial charge in [-0.05, 0) is 56.6 Å². The standard InChI is InChI=1S/C19H27BrO2/c1-4-19(5-2)15-10-11-18(3,22-19)17(12-15)21-13-14-8-6-7-9-16(14)20/h6-9,15,17H,4-5,10-13H2,1-3H3. The molecule has 122 valence electrons. The zero-order chi connectivity index (χ0) is 15.8. The maximum absolute atomic E-state index is 6.65. The van der Waals surface area contributed by atoms with Crippen LogP contribution in [0.2, 0.25) is 0 Å². The highest BCUT2D eigenvalue weighted by Crippen LogP contribution is 2.53. The number of benzene rings is 1. The first-order valence-corrected chi connectivity index (χ1v) is 9.37. The van der Waals surface area contributed by atoms with Crippen LogP contribution in [-0.4, -0.2) is 17.3 Å². The Balaban J connectivity index is 1.71. The van der Waals surface area contributed by atoms with Crippen LogP contribution in [0.1, 0.15) is 58.4 Å². The summed E-state index contributed by atoms with van der Waals surface area (Å²) < 4.78 is 14.1. The molecular formula is C19H27BrO2. The minimum Gasteiger partial charge on any atom is -0.370 e. The average Bonchev–Trinajstić information content (AvgIpc) is 2.54. The van der Waals surface area contributed by atoms with Gasteiger partial charge in [-0.25, -0.2) is 0 Å². The fraction of sp³-hybridized carbons (Fsp3) is 0.684. The first kappa shape index (κ1) is 16.5. The second-order valence-corrected chi connectivity index (χ2v) is 7.90. The SMILES string of the molecule is CCC1(CC)OC2(C)CCC1CC2OCc1ccccc1Br. The van der Waals surface area contributed by atoms with Gasteiger partial charge in [-0.2, -0.15) is 0 Å². The molecule has 2 bridgehead atoms. The molecular weight excluding hydrogens is 340 g/mol. The molecule has 0 amide bonds. The van der Waals surface area contributed by atoms with Crippen molar-refractivity contribution >= 4 is 15.9 Å². The van der Waals surface area contributed by atoms with Crippen molar-refractivity contribution in [3.05, 3.63) is 34.3 Å². The minimum absolute atomic E-state index is 0.0835. The number of fused-ring (bicyclic) bond motifs is 3. The summed E-state index contributed by atoms with van der Waals surface area (Å²) in [5.41, 5.74) is 1.17. The van der Waals surface area contributed by atoms with Gasteiger partial charge in [0.2, 0.25) is 0 Å². The molecule has 2 heterocycles. The van der Waals surface area contributed by atoms with Gasteiger partial charge in [0.15, 0.2) is 0 Å². The first-order valence-electron chi connectivity index (χ1n) is 8.58. The molecule has 1 aromatic carbocycles. The van der Waals surface area contributed by atoms with Gasteiger partial charge in [-0.3, -0.25) is 0 Å². The van der Waals surface area contributed by atoms with Gasteiger partial charge >= 0.3 is 0 Å². The molecule has 3 atom stereocenters. The highest BCUT2D eigenvalue weighted by atomic mass is 79.9. The number of rotatable bonds is 5. The number of ether oxygens (including phenoxy) is 2. The van der Waals surface area contributed by atoms with E-state index in [-0.39, 0.29) is 17.3 Å². The highest BCUT2D eigenvalue weighted by molar-refractivity contribution is 9.10. The Bertz CT molecular complexity index is 526. The molecule has 4 rings (SSSR count). The topological polar surface area (TPSA) is 18.5 Å². The Hall–Kier alpha value is -0.380. The predicted molar refractivity (Wildman–Crippen MR) is 92.9 cm³/mol. The molecule has 2 nitrogen and oxygen atoms in total. The average molecular weight is 367 g/mol. The summed E-state index contributed by atoms with van der Waals surface area (Å²) in [6, 6.07) is 8.30. The molecule has 3 unspecified atom stereocenters. The quantitative estimate of drug-likeness (QED) is 0.686. The van der Waals surface area contributed by atoms with Crippen molar-refractivity contribution < 1.29 is 9.47 Å². The van der Waals surface area contributed by atoms with Crippen molar-refractivity contribution in [3.8, 4) is 0 Å². The molecule has 0 N–H and O–H groups in total. The zero-order valence-electron chi connectivity index (χ0n) is 13.9. The maximum atomic E-state index is 6.65. The van der Waals surface area contributed by atoms with Crippen molar-refractivity contribution in [1.82, 2.24) is 0 Å². The van der Waals surface area contributed by atoms with Crippen LogP contribution in [0, 0.1) is 5.92 Å². The van der Waals surface area contributed by atoms with E-state index in [0.29, 0.717) is 12.5 Å². The van der Waals surface area contributed by atoms with E-state index < -0.39 is 0 Å². The summed E-state index contributed by atoms with van der Waals surface area (Å²) in [6.45, 7) is 7.45. The van der Waals surface area contributed by atoms with Crippen LogP contribution in [0.4, 0.5) is 0 Å². The van der Waals surface area contributed by atoms with E-state index in [2.05, 4.69) is 54.9 Å². The fourth-order valence-electron chi connectivity index (χ4n) is 4.41. The Morgan fingerprint density at radius 3 is 2.64 bits per heavy atom. The maximum Gasteiger partial charge on any atom is 0.0923 e. The molecule has 2 saturated heterocycles. The molecule has 0 aromatic heterocycles. The highest BCUT2D eigenvalue weighted by Gasteiger charge is 2.56. The smallest absolute Gasteiger partial charge is 0.0923 e. The van der Waals surface area contributed by atoms with E-state index in [4.69, 9.17) is 9.47 Å². The van der Waals surface area contributed by atoms with Crippen molar-refractivity contribution in [3.63, 3.8) is 0 Å². The molecule has 1 saturated carbocycles. The predicted octanol–water partition coefficient (Wildman–Crippen LogP) is 5.48. The van der Waals surface area contributed by atoms with E-state index in [1.165, 1.54) is 12.0 Å². The van der Waals surface area contributed by atoms with E-state index >= 15 is 0 Å². The lowest BCUT2D eigenvalue weighted by atomic mass is 9.64. The third kappa shape index (κ3) is 2.76. The lowest BCUT2D eigenvalue weighted by Crippen LogP contribution is -2.63. The summed E-state index contributed by atoms with van der Waals surface area (Å²) in [4.78, 5) is 0. The summed E-state index contributed by atoms with van der Waals surface area (Å²) in [7, 11) is 0. The molecule has 0 radical (unpaired) electrons. The van der Waals surface area contributed by atoms with E-state index in [1.807, 2.05) is 6.07 Å². The van der Waals surface area contributed by atoms with Crippen LogP contribution >= 0.6 is 15.9 Å². The van der Waals surface area contributed by atoms with Crippen LogP contribution in [0.3, 0.4) is 0 Å². The van der Waals surface area contributed by atoms with Gasteiger partial charge in [0.05, 0.1) is 23.9 Å². The van der Waals surface area contributed by atoms with E-state index in [0.717, 1.165) is 30.2 Å². The normalized spacial score (nSPS) is 33.1. The molecule has 1 aliphatic carbocycles. The monoisotopic (exact) mass is 366 g/mol. The van der Waals surface area contributed by atoms with Gasteiger partial charge < -0.3 is 9.47 Å². The van der Waals surface area contributed by atoms with Gasteiger partial charge in [-0.15, -0.1) is 0 Å². The van der Waals surface area contributed by atoms with Crippen LogP contribution in [0.15, 0.2) is 28.7 Å². The molecule has 22 heavy (non-hydrogen) atoms. The van der Waals surface area contributed by atoms with Gasteiger partial charge in [0.1, 0.15) is 0 Å². The van der Waals surface area contributed by atoms with Crippen molar-refractivity contribution in [2.75, 3.05) is 0 Å². The van der Waals surface area contributed by atoms with Gasteiger partial charge in [0.25, 0.3) is 0 Å². The largest absolute Gasteiger partial charge is 0.370 e. The second-order valence-electron chi connectivity index (χ2n) is 7.05. The van der Waals surface area contributed by atoms with Crippen LogP contribution in [0.25, 0.3) is 0 Å². The Kier molecular flexibility index (Phi) is 4.69. The lowest BCUT2D eigenvalue weighted by molar-refractivity contribution is -0.298. The minimum atomic E-state index is -0.123. The lowest BCUT2D eigenvalue weighted by Gasteiger charge is -2.59. The van der Waals surface area contributed by atoms with Crippen LogP contribution < -0.4 is 0 Å². The van der Waals surface area contributed by atoms with Gasteiger partial charge in [-0.1, -0.05) is 48.0 Å². The Labute approximate surface area is 142 Å². The first-order chi connectivity index (χ1) is 10.5. The van der Waals surface area contributed by atoms with Crippen LogP contribution in [-0.2, 0) is 16.1 Å². The third-order valence-corrected chi connectivity index (χ3v) is 6.72. The van der Waals surface area contributed by atoms with Crippen molar-refractivity contribution in [2.24, 2.45) is 5.92 Å². The third-order valence-electron chi connectivity index (χ3n) is 5.94. The molecule has 3 aliphatic rings. The summed E-state index contributed by atoms with van der Waals surface area (Å²) in [5.74, 6) is 0.647. The van der Waals surface area contributed by atoms with Gasteiger partial charge in [0, 0.05) is 4.47 Å². The Morgan fingerprint density at radius 1 is 1.27 bits per heavy atom. The van der Waals surface area contributed by atoms with Crippen molar-refractivity contribution in [2.45, 2.75) is 76.8 Å². The number of halogens is 1. The number of hydrogen-bond acceptors (Lipinski definition) is 2. The zero-order valence-corrected chi connectivity index (χ0v) is 15.5. The fourth-order valence-corrected chi connectivity index (χ4v) is 4.81. The van der Waals surface area contributed by atoms with E-state index in [1.54, 1.807) is 0 Å². The molecule has 1 aromatic rings. The summed E-state index contributed by atoms with van der Waals surface area (Å²) >= 11 is 3.60. The molecule has 3 fully saturated rings. The second kappa shape index (κ2) is 6.26. The summed E-state index contributed by atoms with van der Waals surface area (Å²) in [6.07, 6.45) is 5.99. The molecule has 2 aliphatic heterocycles. The molecule has 3 heteroatoms. The van der Waals surface area contributed by atoms with Crippen molar-refractivity contribution in [1.29, 1.82) is 0 Å².